The third-order valence-electron chi connectivity index (χ3n) is 2.57. The Morgan fingerprint density at radius 3 is 2.68 bits per heavy atom. The molecule has 8 heteroatoms. The van der Waals surface area contributed by atoms with Crippen molar-refractivity contribution < 1.29 is 17.9 Å². The molecule has 0 bridgehead atoms. The number of ether oxygens (including phenoxy) is 2. The molecule has 1 heterocycles. The number of methoxy groups -OCH3 is 2. The van der Waals surface area contributed by atoms with E-state index >= 15 is 0 Å². The van der Waals surface area contributed by atoms with Gasteiger partial charge in [0.25, 0.3) is 0 Å². The van der Waals surface area contributed by atoms with E-state index in [4.69, 9.17) is 21.1 Å². The Hall–Kier alpha value is -0.180. The van der Waals surface area contributed by atoms with Gasteiger partial charge in [-0.1, -0.05) is 0 Å². The first-order valence-corrected chi connectivity index (χ1v) is 8.50. The van der Waals surface area contributed by atoms with Crippen LogP contribution in [0.4, 0.5) is 0 Å². The van der Waals surface area contributed by atoms with E-state index in [1.54, 1.807) is 12.3 Å². The largest absolute Gasteiger partial charge is 0.382 e. The third kappa shape index (κ3) is 4.40. The summed E-state index contributed by atoms with van der Waals surface area (Å²) in [4.78, 5) is 0.923. The van der Waals surface area contributed by atoms with Crippen LogP contribution >= 0.6 is 22.9 Å². The van der Waals surface area contributed by atoms with E-state index < -0.39 is 10.0 Å². The quantitative estimate of drug-likeness (QED) is 0.739. The van der Waals surface area contributed by atoms with E-state index in [0.29, 0.717) is 17.0 Å². The van der Waals surface area contributed by atoms with Gasteiger partial charge in [0, 0.05) is 25.6 Å². The number of alkyl halides is 1. The highest BCUT2D eigenvalue weighted by molar-refractivity contribution is 7.89. The number of thiophene rings is 1. The maximum Gasteiger partial charge on any atom is 0.242 e. The lowest BCUT2D eigenvalue weighted by Gasteiger charge is -2.15. The summed E-state index contributed by atoms with van der Waals surface area (Å²) in [6.07, 6.45) is -0.321. The van der Waals surface area contributed by atoms with Gasteiger partial charge in [-0.05, 0) is 17.9 Å². The number of rotatable bonds is 8. The molecule has 1 aromatic rings. The molecule has 5 nitrogen and oxygen atoms in total. The third-order valence-corrected chi connectivity index (χ3v) is 5.88. The van der Waals surface area contributed by atoms with E-state index in [-0.39, 0.29) is 23.4 Å². The molecule has 0 aliphatic rings. The van der Waals surface area contributed by atoms with Crippen molar-refractivity contribution in [1.29, 1.82) is 0 Å². The molecule has 1 atom stereocenters. The Morgan fingerprint density at radius 1 is 1.47 bits per heavy atom. The molecule has 19 heavy (non-hydrogen) atoms. The summed E-state index contributed by atoms with van der Waals surface area (Å²) in [5.41, 5.74) is 0.703. The number of hydrogen-bond acceptors (Lipinski definition) is 5. The summed E-state index contributed by atoms with van der Waals surface area (Å²) in [6.45, 7) is 2.23. The van der Waals surface area contributed by atoms with Gasteiger partial charge in [0.05, 0.1) is 23.5 Å². The van der Waals surface area contributed by atoms with Crippen LogP contribution in [-0.2, 0) is 25.4 Å². The summed E-state index contributed by atoms with van der Waals surface area (Å²) < 4.78 is 37.1. The second-order valence-electron chi connectivity index (χ2n) is 3.97. The van der Waals surface area contributed by atoms with Crippen LogP contribution in [0.25, 0.3) is 0 Å². The minimum atomic E-state index is -3.57. The molecule has 0 radical (unpaired) electrons. The standard InChI is InChI=1S/C11H18ClNO4S2/c1-8-7-18-10(4-12)11(8)19(14,15)13-5-9(17-3)6-16-2/h7,9,13H,4-6H2,1-3H3. The van der Waals surface area contributed by atoms with Crippen molar-refractivity contribution in [3.8, 4) is 0 Å². The van der Waals surface area contributed by atoms with Gasteiger partial charge in [0.15, 0.2) is 0 Å². The van der Waals surface area contributed by atoms with Gasteiger partial charge in [-0.3, -0.25) is 0 Å². The first-order valence-electron chi connectivity index (χ1n) is 5.60. The number of hydrogen-bond donors (Lipinski definition) is 1. The van der Waals surface area contributed by atoms with Crippen molar-refractivity contribution in [2.75, 3.05) is 27.4 Å². The zero-order valence-corrected chi connectivity index (χ0v) is 13.5. The maximum absolute atomic E-state index is 12.3. The van der Waals surface area contributed by atoms with Crippen molar-refractivity contribution in [3.63, 3.8) is 0 Å². The van der Waals surface area contributed by atoms with E-state index in [1.165, 1.54) is 25.6 Å². The van der Waals surface area contributed by atoms with E-state index in [9.17, 15) is 8.42 Å². The van der Waals surface area contributed by atoms with Crippen LogP contribution in [0.15, 0.2) is 10.3 Å². The first kappa shape index (κ1) is 16.9. The van der Waals surface area contributed by atoms with Gasteiger partial charge in [-0.25, -0.2) is 13.1 Å². The fraction of sp³-hybridized carbons (Fsp3) is 0.636. The second kappa shape index (κ2) is 7.56. The Bertz CT molecular complexity index is 501. The maximum atomic E-state index is 12.3. The molecule has 1 N–H and O–H groups in total. The molecule has 110 valence electrons. The van der Waals surface area contributed by atoms with Gasteiger partial charge in [-0.2, -0.15) is 0 Å². The molecule has 1 aromatic heterocycles. The number of nitrogens with one attached hydrogen (secondary N) is 1. The van der Waals surface area contributed by atoms with Crippen molar-refractivity contribution >= 4 is 33.0 Å². The average molecular weight is 328 g/mol. The van der Waals surface area contributed by atoms with Crippen LogP contribution in [-0.4, -0.2) is 41.9 Å². The van der Waals surface area contributed by atoms with E-state index in [2.05, 4.69) is 4.72 Å². The molecular weight excluding hydrogens is 310 g/mol. The van der Waals surface area contributed by atoms with Gasteiger partial charge in [0.2, 0.25) is 10.0 Å². The highest BCUT2D eigenvalue weighted by Gasteiger charge is 2.23. The zero-order chi connectivity index (χ0) is 14.5. The highest BCUT2D eigenvalue weighted by Crippen LogP contribution is 2.28. The van der Waals surface area contributed by atoms with Gasteiger partial charge < -0.3 is 9.47 Å². The summed E-state index contributed by atoms with van der Waals surface area (Å²) in [5, 5.41) is 1.79. The lowest BCUT2D eigenvalue weighted by Crippen LogP contribution is -2.36. The molecule has 0 spiro atoms. The van der Waals surface area contributed by atoms with Crippen molar-refractivity contribution in [2.24, 2.45) is 0 Å². The van der Waals surface area contributed by atoms with Crippen LogP contribution in [0.1, 0.15) is 10.4 Å². The first-order chi connectivity index (χ1) is 8.96. The Kier molecular flexibility index (Phi) is 6.72. The minimum absolute atomic E-state index is 0.156. The predicted octanol–water partition coefficient (Wildman–Crippen LogP) is 1.74. The smallest absolute Gasteiger partial charge is 0.242 e. The van der Waals surface area contributed by atoms with Crippen LogP contribution in [0.3, 0.4) is 0 Å². The van der Waals surface area contributed by atoms with Crippen LogP contribution in [0.2, 0.25) is 0 Å². The Labute approximate surface area is 122 Å². The lowest BCUT2D eigenvalue weighted by molar-refractivity contribution is 0.0320. The molecule has 0 aromatic carbocycles. The monoisotopic (exact) mass is 327 g/mol. The Morgan fingerprint density at radius 2 is 2.16 bits per heavy atom. The number of halogens is 1. The lowest BCUT2D eigenvalue weighted by atomic mass is 10.3. The summed E-state index contributed by atoms with van der Waals surface area (Å²) in [7, 11) is -0.525. The molecule has 0 aliphatic carbocycles. The molecule has 1 unspecified atom stereocenters. The zero-order valence-electron chi connectivity index (χ0n) is 11.1. The average Bonchev–Trinajstić information content (AvgIpc) is 2.76. The predicted molar refractivity (Wildman–Crippen MR) is 76.5 cm³/mol. The van der Waals surface area contributed by atoms with Crippen molar-refractivity contribution in [1.82, 2.24) is 4.72 Å². The van der Waals surface area contributed by atoms with E-state index in [0.717, 1.165) is 0 Å². The van der Waals surface area contributed by atoms with Crippen LogP contribution in [0, 0.1) is 6.92 Å². The van der Waals surface area contributed by atoms with E-state index in [1.807, 2.05) is 0 Å². The molecule has 0 saturated carbocycles. The molecular formula is C11H18ClNO4S2. The SMILES string of the molecule is COCC(CNS(=O)(=O)c1c(C)csc1CCl)OC. The Balaban J connectivity index is 2.83. The fourth-order valence-electron chi connectivity index (χ4n) is 1.61. The summed E-state index contributed by atoms with van der Waals surface area (Å²) in [5.74, 6) is 0.181. The number of sulfonamides is 1. The molecule has 0 saturated heterocycles. The topological polar surface area (TPSA) is 64.6 Å². The van der Waals surface area contributed by atoms with Crippen molar-refractivity contribution in [2.45, 2.75) is 23.8 Å². The molecule has 0 amide bonds. The fourth-order valence-corrected chi connectivity index (χ4v) is 4.73. The second-order valence-corrected chi connectivity index (χ2v) is 6.90. The van der Waals surface area contributed by atoms with Gasteiger partial charge >= 0.3 is 0 Å². The molecule has 1 rings (SSSR count). The number of aryl methyl sites for hydroxylation is 1. The molecule has 0 fully saturated rings. The molecule has 0 aliphatic heterocycles. The van der Waals surface area contributed by atoms with Crippen molar-refractivity contribution in [3.05, 3.63) is 15.8 Å². The minimum Gasteiger partial charge on any atom is -0.382 e. The summed E-state index contributed by atoms with van der Waals surface area (Å²) in [6, 6.07) is 0. The summed E-state index contributed by atoms with van der Waals surface area (Å²) >= 11 is 7.11. The highest BCUT2D eigenvalue weighted by atomic mass is 35.5. The van der Waals surface area contributed by atoms with Crippen LogP contribution < -0.4 is 4.72 Å². The van der Waals surface area contributed by atoms with Gasteiger partial charge in [-0.15, -0.1) is 22.9 Å². The normalized spacial score (nSPS) is 13.7. The van der Waals surface area contributed by atoms with Gasteiger partial charge in [0.1, 0.15) is 0 Å². The van der Waals surface area contributed by atoms with Crippen LogP contribution in [0.5, 0.6) is 0 Å².